The quantitative estimate of drug-likeness (QED) is 0.827. The third-order valence-corrected chi connectivity index (χ3v) is 3.07. The van der Waals surface area contributed by atoms with E-state index in [0.717, 1.165) is 44.1 Å². The van der Waals surface area contributed by atoms with Crippen molar-refractivity contribution in [2.45, 2.75) is 12.8 Å². The topological polar surface area (TPSA) is 56.3 Å². The van der Waals surface area contributed by atoms with E-state index >= 15 is 0 Å². The Morgan fingerprint density at radius 3 is 2.81 bits per heavy atom. The average Bonchev–Trinajstić information content (AvgIpc) is 2.59. The molecule has 0 amide bonds. The molecule has 0 saturated carbocycles. The van der Waals surface area contributed by atoms with Gasteiger partial charge in [0.25, 0.3) is 0 Å². The largest absolute Gasteiger partial charge is 0.394 e. The van der Waals surface area contributed by atoms with Crippen LogP contribution in [0.15, 0.2) is 6.20 Å². The molecule has 1 aliphatic rings. The first-order chi connectivity index (χ1) is 7.66. The standard InChI is InChI=1S/C11H20N4O/c1-14(7-9-3-5-16-6-4-9)11-10(12)8-15(2)13-11/h8-9H,3-7,12H2,1-2H3. The summed E-state index contributed by atoms with van der Waals surface area (Å²) in [4.78, 5) is 2.14. The van der Waals surface area contributed by atoms with Crippen LogP contribution < -0.4 is 10.6 Å². The van der Waals surface area contributed by atoms with Crippen LogP contribution in [0.1, 0.15) is 12.8 Å². The number of hydrogen-bond acceptors (Lipinski definition) is 4. The second-order valence-corrected chi connectivity index (χ2v) is 4.52. The maximum Gasteiger partial charge on any atom is 0.173 e. The van der Waals surface area contributed by atoms with Crippen molar-refractivity contribution in [1.29, 1.82) is 0 Å². The lowest BCUT2D eigenvalue weighted by molar-refractivity contribution is 0.0685. The fourth-order valence-electron chi connectivity index (χ4n) is 2.19. The zero-order valence-electron chi connectivity index (χ0n) is 10.0. The number of aromatic nitrogens is 2. The van der Waals surface area contributed by atoms with E-state index in [1.54, 1.807) is 4.68 Å². The fourth-order valence-corrected chi connectivity index (χ4v) is 2.19. The SMILES string of the molecule is CN(CC1CCOCC1)c1nn(C)cc1N. The minimum Gasteiger partial charge on any atom is -0.394 e. The molecule has 16 heavy (non-hydrogen) atoms. The third kappa shape index (κ3) is 2.47. The van der Waals surface area contributed by atoms with Gasteiger partial charge >= 0.3 is 0 Å². The van der Waals surface area contributed by atoms with E-state index in [1.165, 1.54) is 0 Å². The molecule has 2 N–H and O–H groups in total. The lowest BCUT2D eigenvalue weighted by Gasteiger charge is -2.27. The van der Waals surface area contributed by atoms with Gasteiger partial charge in [-0.1, -0.05) is 0 Å². The molecule has 1 saturated heterocycles. The molecule has 0 spiro atoms. The van der Waals surface area contributed by atoms with Gasteiger partial charge in [0.05, 0.1) is 5.69 Å². The average molecular weight is 224 g/mol. The zero-order chi connectivity index (χ0) is 11.5. The summed E-state index contributed by atoms with van der Waals surface area (Å²) in [6.45, 7) is 2.77. The minimum absolute atomic E-state index is 0.695. The van der Waals surface area contributed by atoms with Gasteiger partial charge in [0.2, 0.25) is 0 Å². The third-order valence-electron chi connectivity index (χ3n) is 3.07. The molecule has 2 rings (SSSR count). The van der Waals surface area contributed by atoms with E-state index < -0.39 is 0 Å². The van der Waals surface area contributed by atoms with Crippen LogP contribution in [0.2, 0.25) is 0 Å². The van der Waals surface area contributed by atoms with Crippen LogP contribution in [-0.4, -0.2) is 36.6 Å². The summed E-state index contributed by atoms with van der Waals surface area (Å²) in [5.41, 5.74) is 6.65. The van der Waals surface area contributed by atoms with Crippen molar-refractivity contribution in [1.82, 2.24) is 9.78 Å². The van der Waals surface area contributed by atoms with Crippen LogP contribution in [0.4, 0.5) is 11.5 Å². The van der Waals surface area contributed by atoms with Crippen molar-refractivity contribution < 1.29 is 4.74 Å². The first kappa shape index (κ1) is 11.3. The Morgan fingerprint density at radius 1 is 1.56 bits per heavy atom. The summed E-state index contributed by atoms with van der Waals surface area (Å²) in [6.07, 6.45) is 4.12. The number of nitrogen functional groups attached to an aromatic ring is 1. The van der Waals surface area contributed by atoms with Gasteiger partial charge in [0.15, 0.2) is 5.82 Å². The summed E-state index contributed by atoms with van der Waals surface area (Å²) in [5, 5.41) is 4.36. The number of rotatable bonds is 3. The van der Waals surface area contributed by atoms with Crippen LogP contribution in [0, 0.1) is 5.92 Å². The van der Waals surface area contributed by atoms with Gasteiger partial charge in [0.1, 0.15) is 0 Å². The molecule has 0 unspecified atom stereocenters. The smallest absolute Gasteiger partial charge is 0.173 e. The van der Waals surface area contributed by atoms with Crippen molar-refractivity contribution in [3.63, 3.8) is 0 Å². The van der Waals surface area contributed by atoms with Crippen LogP contribution in [0.3, 0.4) is 0 Å². The van der Waals surface area contributed by atoms with Crippen molar-refractivity contribution >= 4 is 11.5 Å². The van der Waals surface area contributed by atoms with Crippen molar-refractivity contribution in [2.24, 2.45) is 13.0 Å². The number of hydrogen-bond donors (Lipinski definition) is 1. The van der Waals surface area contributed by atoms with E-state index in [0.29, 0.717) is 5.92 Å². The molecule has 1 fully saturated rings. The lowest BCUT2D eigenvalue weighted by atomic mass is 10.00. The van der Waals surface area contributed by atoms with E-state index in [9.17, 15) is 0 Å². The zero-order valence-corrected chi connectivity index (χ0v) is 10.0. The number of anilines is 2. The van der Waals surface area contributed by atoms with Gasteiger partial charge in [0, 0.05) is 40.1 Å². The van der Waals surface area contributed by atoms with Crippen LogP contribution in [-0.2, 0) is 11.8 Å². The molecule has 0 atom stereocenters. The molecule has 0 aromatic carbocycles. The Morgan fingerprint density at radius 2 is 2.25 bits per heavy atom. The van der Waals surface area contributed by atoms with Crippen molar-refractivity contribution in [3.8, 4) is 0 Å². The van der Waals surface area contributed by atoms with Gasteiger partial charge in [-0.15, -0.1) is 0 Å². The second kappa shape index (κ2) is 4.74. The Bertz CT molecular complexity index is 344. The maximum atomic E-state index is 5.90. The molecule has 0 bridgehead atoms. The van der Waals surface area contributed by atoms with E-state index in [2.05, 4.69) is 10.00 Å². The molecule has 90 valence electrons. The Kier molecular flexibility index (Phi) is 3.33. The first-order valence-corrected chi connectivity index (χ1v) is 5.75. The van der Waals surface area contributed by atoms with E-state index in [1.807, 2.05) is 20.3 Å². The predicted octanol–water partition coefficient (Wildman–Crippen LogP) is 0.865. The van der Waals surface area contributed by atoms with Gasteiger partial charge in [-0.25, -0.2) is 0 Å². The molecule has 0 radical (unpaired) electrons. The molecule has 5 nitrogen and oxygen atoms in total. The van der Waals surface area contributed by atoms with Crippen LogP contribution in [0.5, 0.6) is 0 Å². The molecule has 2 heterocycles. The number of nitrogens with two attached hydrogens (primary N) is 1. The van der Waals surface area contributed by atoms with Gasteiger partial charge < -0.3 is 15.4 Å². The number of nitrogens with zero attached hydrogens (tertiary/aromatic N) is 3. The Hall–Kier alpha value is -1.23. The van der Waals surface area contributed by atoms with Gasteiger partial charge in [-0.3, -0.25) is 4.68 Å². The molecule has 0 aliphatic carbocycles. The summed E-state index contributed by atoms with van der Waals surface area (Å²) in [6, 6.07) is 0. The highest BCUT2D eigenvalue weighted by atomic mass is 16.5. The highest BCUT2D eigenvalue weighted by Gasteiger charge is 2.18. The summed E-state index contributed by atoms with van der Waals surface area (Å²) >= 11 is 0. The normalized spacial score (nSPS) is 17.6. The monoisotopic (exact) mass is 224 g/mol. The number of ether oxygens (including phenoxy) is 1. The Labute approximate surface area is 96.2 Å². The summed E-state index contributed by atoms with van der Waals surface area (Å²) in [5.74, 6) is 1.58. The van der Waals surface area contributed by atoms with Crippen molar-refractivity contribution in [3.05, 3.63) is 6.20 Å². The van der Waals surface area contributed by atoms with E-state index in [-0.39, 0.29) is 0 Å². The maximum absolute atomic E-state index is 5.90. The van der Waals surface area contributed by atoms with Crippen LogP contribution in [0.25, 0.3) is 0 Å². The first-order valence-electron chi connectivity index (χ1n) is 5.75. The molecule has 1 aromatic rings. The highest BCUT2D eigenvalue weighted by molar-refractivity contribution is 5.61. The lowest BCUT2D eigenvalue weighted by Crippen LogP contribution is -2.30. The van der Waals surface area contributed by atoms with Crippen molar-refractivity contribution in [2.75, 3.05) is 37.4 Å². The second-order valence-electron chi connectivity index (χ2n) is 4.52. The predicted molar refractivity (Wildman–Crippen MR) is 64.4 cm³/mol. The fraction of sp³-hybridized carbons (Fsp3) is 0.727. The molecule has 1 aliphatic heterocycles. The minimum atomic E-state index is 0.695. The van der Waals surface area contributed by atoms with E-state index in [4.69, 9.17) is 10.5 Å². The van der Waals surface area contributed by atoms with Gasteiger partial charge in [-0.2, -0.15) is 5.10 Å². The molecule has 1 aromatic heterocycles. The van der Waals surface area contributed by atoms with Gasteiger partial charge in [-0.05, 0) is 18.8 Å². The molecular formula is C11H20N4O. The van der Waals surface area contributed by atoms with Crippen LogP contribution >= 0.6 is 0 Å². The molecule has 5 heteroatoms. The summed E-state index contributed by atoms with van der Waals surface area (Å²) < 4.78 is 7.11. The molecular weight excluding hydrogens is 204 g/mol. The summed E-state index contributed by atoms with van der Waals surface area (Å²) in [7, 11) is 3.94. The Balaban J connectivity index is 1.96. The number of aryl methyl sites for hydroxylation is 1. The highest BCUT2D eigenvalue weighted by Crippen LogP contribution is 2.22.